The van der Waals surface area contributed by atoms with Crippen LogP contribution in [0.4, 0.5) is 0 Å². The number of phenolic OH excluding ortho intramolecular Hbond substituents is 1. The Morgan fingerprint density at radius 3 is 2.72 bits per heavy atom. The molecule has 1 saturated heterocycles. The predicted molar refractivity (Wildman–Crippen MR) is 79.4 cm³/mol. The molecule has 0 spiro atoms. The van der Waals surface area contributed by atoms with Crippen LogP contribution in [0.5, 0.6) is 5.75 Å². The lowest BCUT2D eigenvalue weighted by atomic mass is 10.0. The van der Waals surface area contributed by atoms with Gasteiger partial charge in [-0.15, -0.1) is 0 Å². The van der Waals surface area contributed by atoms with Gasteiger partial charge >= 0.3 is 0 Å². The summed E-state index contributed by atoms with van der Waals surface area (Å²) in [4.78, 5) is 0. The fraction of sp³-hybridized carbons (Fsp3) is 0.600. The smallest absolute Gasteiger partial charge is 0.115 e. The number of benzene rings is 1. The first-order valence-corrected chi connectivity index (χ1v) is 7.84. The largest absolute Gasteiger partial charge is 0.508 e. The van der Waals surface area contributed by atoms with Crippen molar-refractivity contribution in [2.24, 2.45) is 0 Å². The predicted octanol–water partition coefficient (Wildman–Crippen LogP) is 3.20. The average molecular weight is 265 g/mol. The summed E-state index contributed by atoms with van der Waals surface area (Å²) in [6.07, 6.45) is 3.53. The van der Waals surface area contributed by atoms with Gasteiger partial charge in [-0.3, -0.25) is 0 Å². The zero-order valence-electron chi connectivity index (χ0n) is 11.2. The highest BCUT2D eigenvalue weighted by Gasteiger charge is 2.22. The number of rotatable bonds is 5. The van der Waals surface area contributed by atoms with Gasteiger partial charge in [-0.25, -0.2) is 0 Å². The first-order chi connectivity index (χ1) is 8.63. The lowest BCUT2D eigenvalue weighted by molar-refractivity contribution is 0.442. The van der Waals surface area contributed by atoms with Gasteiger partial charge in [0.1, 0.15) is 5.75 Å². The van der Waals surface area contributed by atoms with Gasteiger partial charge in [-0.1, -0.05) is 19.1 Å². The van der Waals surface area contributed by atoms with Crippen LogP contribution in [0.15, 0.2) is 24.3 Å². The number of hydrogen-bond acceptors (Lipinski definition) is 3. The Morgan fingerprint density at radius 2 is 2.11 bits per heavy atom. The normalized spacial score (nSPS) is 25.2. The highest BCUT2D eigenvalue weighted by atomic mass is 32.2. The quantitative estimate of drug-likeness (QED) is 0.857. The monoisotopic (exact) mass is 265 g/mol. The van der Waals surface area contributed by atoms with Gasteiger partial charge in [0.15, 0.2) is 0 Å². The Balaban J connectivity index is 1.71. The molecule has 0 aromatic heterocycles. The van der Waals surface area contributed by atoms with Crippen molar-refractivity contribution < 1.29 is 5.11 Å². The van der Waals surface area contributed by atoms with Crippen molar-refractivity contribution in [3.8, 4) is 5.75 Å². The summed E-state index contributed by atoms with van der Waals surface area (Å²) in [5, 5.41) is 13.8. The van der Waals surface area contributed by atoms with Crippen molar-refractivity contribution >= 4 is 11.8 Å². The summed E-state index contributed by atoms with van der Waals surface area (Å²) < 4.78 is 0. The maximum Gasteiger partial charge on any atom is 0.115 e. The Kier molecular flexibility index (Phi) is 4.95. The lowest BCUT2D eigenvalue weighted by Gasteiger charge is -2.19. The third kappa shape index (κ3) is 4.21. The third-order valence-corrected chi connectivity index (χ3v) is 4.88. The number of thioether (sulfide) groups is 1. The van der Waals surface area contributed by atoms with Crippen molar-refractivity contribution in [1.82, 2.24) is 5.32 Å². The minimum Gasteiger partial charge on any atom is -0.508 e. The lowest BCUT2D eigenvalue weighted by Crippen LogP contribution is -2.36. The van der Waals surface area contributed by atoms with E-state index in [-0.39, 0.29) is 0 Å². The summed E-state index contributed by atoms with van der Waals surface area (Å²) in [5.41, 5.74) is 1.30. The van der Waals surface area contributed by atoms with E-state index in [1.54, 1.807) is 12.1 Å². The molecule has 100 valence electrons. The molecule has 1 aliphatic heterocycles. The van der Waals surface area contributed by atoms with E-state index in [9.17, 15) is 5.11 Å². The Labute approximate surface area is 114 Å². The maximum absolute atomic E-state index is 9.23. The van der Waals surface area contributed by atoms with E-state index in [1.165, 1.54) is 17.7 Å². The van der Waals surface area contributed by atoms with Crippen LogP contribution >= 0.6 is 11.8 Å². The van der Waals surface area contributed by atoms with Crippen LogP contribution in [0, 0.1) is 0 Å². The molecule has 0 radical (unpaired) electrons. The van der Waals surface area contributed by atoms with Crippen LogP contribution in [0.1, 0.15) is 32.3 Å². The minimum atomic E-state index is 0.349. The van der Waals surface area contributed by atoms with Crippen LogP contribution < -0.4 is 5.32 Å². The van der Waals surface area contributed by atoms with Crippen molar-refractivity contribution in [3.63, 3.8) is 0 Å². The van der Waals surface area contributed by atoms with Crippen LogP contribution in [-0.2, 0) is 6.42 Å². The minimum absolute atomic E-state index is 0.349. The Morgan fingerprint density at radius 1 is 1.39 bits per heavy atom. The molecular formula is C15H23NOS. The highest BCUT2D eigenvalue weighted by Crippen LogP contribution is 2.26. The SMILES string of the molecule is CC(CCc1ccc(O)cc1)NC1CSC(C)C1. The van der Waals surface area contributed by atoms with Crippen LogP contribution in [-0.4, -0.2) is 28.2 Å². The number of phenols is 1. The topological polar surface area (TPSA) is 32.3 Å². The van der Waals surface area contributed by atoms with Crippen molar-refractivity contribution in [3.05, 3.63) is 29.8 Å². The van der Waals surface area contributed by atoms with Gasteiger partial charge in [0.25, 0.3) is 0 Å². The second-order valence-electron chi connectivity index (χ2n) is 5.35. The molecule has 2 rings (SSSR count). The summed E-state index contributed by atoms with van der Waals surface area (Å²) in [5.74, 6) is 1.60. The molecular weight excluding hydrogens is 242 g/mol. The number of aryl methyl sites for hydroxylation is 1. The van der Waals surface area contributed by atoms with E-state index in [1.807, 2.05) is 12.1 Å². The molecule has 3 heteroatoms. The molecule has 3 unspecified atom stereocenters. The van der Waals surface area contributed by atoms with E-state index in [2.05, 4.69) is 30.9 Å². The van der Waals surface area contributed by atoms with E-state index in [0.717, 1.165) is 18.1 Å². The second-order valence-corrected chi connectivity index (χ2v) is 6.82. The first kappa shape index (κ1) is 13.8. The maximum atomic E-state index is 9.23. The van der Waals surface area contributed by atoms with E-state index < -0.39 is 0 Å². The molecule has 3 atom stereocenters. The highest BCUT2D eigenvalue weighted by molar-refractivity contribution is 8.00. The molecule has 2 nitrogen and oxygen atoms in total. The summed E-state index contributed by atoms with van der Waals surface area (Å²) in [7, 11) is 0. The molecule has 0 bridgehead atoms. The zero-order valence-corrected chi connectivity index (χ0v) is 12.0. The molecule has 0 saturated carbocycles. The van der Waals surface area contributed by atoms with Crippen molar-refractivity contribution in [2.45, 2.75) is 50.4 Å². The fourth-order valence-corrected chi connectivity index (χ4v) is 3.63. The van der Waals surface area contributed by atoms with Gasteiger partial charge in [-0.2, -0.15) is 11.8 Å². The molecule has 0 aliphatic carbocycles. The summed E-state index contributed by atoms with van der Waals surface area (Å²) in [6.45, 7) is 4.58. The zero-order chi connectivity index (χ0) is 13.0. The number of aromatic hydroxyl groups is 1. The summed E-state index contributed by atoms with van der Waals surface area (Å²) in [6, 6.07) is 8.81. The van der Waals surface area contributed by atoms with Gasteiger partial charge in [0.05, 0.1) is 0 Å². The third-order valence-electron chi connectivity index (χ3n) is 3.52. The number of hydrogen-bond donors (Lipinski definition) is 2. The van der Waals surface area contributed by atoms with Crippen LogP contribution in [0.3, 0.4) is 0 Å². The van der Waals surface area contributed by atoms with Crippen LogP contribution in [0.2, 0.25) is 0 Å². The fourth-order valence-electron chi connectivity index (χ4n) is 2.46. The summed E-state index contributed by atoms with van der Waals surface area (Å²) >= 11 is 2.07. The average Bonchev–Trinajstić information content (AvgIpc) is 2.74. The van der Waals surface area contributed by atoms with Gasteiger partial charge < -0.3 is 10.4 Å². The van der Waals surface area contributed by atoms with Gasteiger partial charge in [0.2, 0.25) is 0 Å². The Hall–Kier alpha value is -0.670. The van der Waals surface area contributed by atoms with E-state index in [0.29, 0.717) is 17.8 Å². The molecule has 1 fully saturated rings. The van der Waals surface area contributed by atoms with Crippen LogP contribution in [0.25, 0.3) is 0 Å². The molecule has 0 amide bonds. The molecule has 1 aromatic carbocycles. The molecule has 1 aromatic rings. The molecule has 2 N–H and O–H groups in total. The van der Waals surface area contributed by atoms with Crippen molar-refractivity contribution in [2.75, 3.05) is 5.75 Å². The van der Waals surface area contributed by atoms with Gasteiger partial charge in [-0.05, 0) is 43.9 Å². The molecule has 1 aliphatic rings. The van der Waals surface area contributed by atoms with Gasteiger partial charge in [0, 0.05) is 23.1 Å². The first-order valence-electron chi connectivity index (χ1n) is 6.79. The molecule has 1 heterocycles. The number of nitrogens with one attached hydrogen (secondary N) is 1. The molecule has 18 heavy (non-hydrogen) atoms. The van der Waals surface area contributed by atoms with Crippen molar-refractivity contribution in [1.29, 1.82) is 0 Å². The Bertz CT molecular complexity index is 365. The van der Waals surface area contributed by atoms with E-state index >= 15 is 0 Å². The second kappa shape index (κ2) is 6.48. The standard InChI is InChI=1S/C15H23NOS/c1-11(16-14-9-12(2)18-10-14)3-4-13-5-7-15(17)8-6-13/h5-8,11-12,14,16-17H,3-4,9-10H2,1-2H3. The van der Waals surface area contributed by atoms with E-state index in [4.69, 9.17) is 0 Å².